The summed E-state index contributed by atoms with van der Waals surface area (Å²) in [7, 11) is 1.44. The SMILES string of the molecule is COc1c(C)ccc(C(=O)O)c1N1C(=O)CSC1c1ccc(F)cc1. The van der Waals surface area contributed by atoms with Gasteiger partial charge in [0.1, 0.15) is 22.6 Å². The van der Waals surface area contributed by atoms with Crippen LogP contribution >= 0.6 is 11.8 Å². The molecule has 1 saturated heterocycles. The molecule has 1 amide bonds. The summed E-state index contributed by atoms with van der Waals surface area (Å²) in [5.41, 5.74) is 1.67. The van der Waals surface area contributed by atoms with Crippen molar-refractivity contribution in [2.24, 2.45) is 0 Å². The lowest BCUT2D eigenvalue weighted by Gasteiger charge is -2.28. The largest absolute Gasteiger partial charge is 0.494 e. The number of anilines is 1. The van der Waals surface area contributed by atoms with Crippen molar-refractivity contribution < 1.29 is 23.8 Å². The molecule has 1 atom stereocenters. The molecule has 5 nitrogen and oxygen atoms in total. The van der Waals surface area contributed by atoms with Crippen molar-refractivity contribution in [1.29, 1.82) is 0 Å². The van der Waals surface area contributed by atoms with Crippen molar-refractivity contribution in [2.75, 3.05) is 17.8 Å². The average Bonchev–Trinajstić information content (AvgIpc) is 2.96. The van der Waals surface area contributed by atoms with Crippen LogP contribution in [0.15, 0.2) is 36.4 Å². The van der Waals surface area contributed by atoms with Gasteiger partial charge in [0.05, 0.1) is 18.4 Å². The second-order valence-corrected chi connectivity index (χ2v) is 6.66. The number of carboxylic acid groups (broad SMARTS) is 1. The van der Waals surface area contributed by atoms with Gasteiger partial charge in [-0.05, 0) is 36.2 Å². The first kappa shape index (κ1) is 17.3. The van der Waals surface area contributed by atoms with E-state index in [1.54, 1.807) is 25.1 Å². The molecule has 25 heavy (non-hydrogen) atoms. The van der Waals surface area contributed by atoms with E-state index in [0.29, 0.717) is 5.75 Å². The Kier molecular flexibility index (Phi) is 4.67. The first-order valence-electron chi connectivity index (χ1n) is 7.54. The summed E-state index contributed by atoms with van der Waals surface area (Å²) in [5, 5.41) is 9.12. The van der Waals surface area contributed by atoms with Crippen LogP contribution in [0.5, 0.6) is 5.75 Å². The van der Waals surface area contributed by atoms with E-state index >= 15 is 0 Å². The Balaban J connectivity index is 2.18. The number of amides is 1. The summed E-state index contributed by atoms with van der Waals surface area (Å²) in [6.45, 7) is 1.79. The van der Waals surface area contributed by atoms with E-state index in [1.165, 1.54) is 42.0 Å². The average molecular weight is 361 g/mol. The third kappa shape index (κ3) is 3.07. The highest BCUT2D eigenvalue weighted by molar-refractivity contribution is 8.00. The minimum Gasteiger partial charge on any atom is -0.494 e. The van der Waals surface area contributed by atoms with E-state index in [-0.39, 0.29) is 28.7 Å². The smallest absolute Gasteiger partial charge is 0.337 e. The van der Waals surface area contributed by atoms with Gasteiger partial charge in [-0.15, -0.1) is 11.8 Å². The van der Waals surface area contributed by atoms with Crippen molar-refractivity contribution in [3.8, 4) is 5.75 Å². The number of hydrogen-bond acceptors (Lipinski definition) is 4. The fourth-order valence-electron chi connectivity index (χ4n) is 2.88. The zero-order chi connectivity index (χ0) is 18.1. The Hall–Kier alpha value is -2.54. The zero-order valence-electron chi connectivity index (χ0n) is 13.7. The Morgan fingerprint density at radius 2 is 1.96 bits per heavy atom. The van der Waals surface area contributed by atoms with Crippen LogP contribution < -0.4 is 9.64 Å². The van der Waals surface area contributed by atoms with Gasteiger partial charge in [0.15, 0.2) is 0 Å². The summed E-state index contributed by atoms with van der Waals surface area (Å²) in [6.07, 6.45) is 0. The summed E-state index contributed by atoms with van der Waals surface area (Å²) in [5.74, 6) is -1.17. The van der Waals surface area contributed by atoms with E-state index in [1.807, 2.05) is 0 Å². The van der Waals surface area contributed by atoms with E-state index in [0.717, 1.165) is 11.1 Å². The van der Waals surface area contributed by atoms with Crippen LogP contribution in [0, 0.1) is 12.7 Å². The molecule has 1 heterocycles. The minimum atomic E-state index is -1.14. The van der Waals surface area contributed by atoms with Crippen molar-refractivity contribution in [3.05, 3.63) is 58.9 Å². The maximum atomic E-state index is 13.2. The normalized spacial score (nSPS) is 17.0. The molecule has 0 aliphatic carbocycles. The van der Waals surface area contributed by atoms with E-state index in [9.17, 15) is 19.1 Å². The molecule has 1 fully saturated rings. The molecule has 0 saturated carbocycles. The van der Waals surface area contributed by atoms with Gasteiger partial charge in [-0.2, -0.15) is 0 Å². The number of thioether (sulfide) groups is 1. The predicted octanol–water partition coefficient (Wildman–Crippen LogP) is 3.62. The first-order valence-corrected chi connectivity index (χ1v) is 8.59. The number of benzene rings is 2. The van der Waals surface area contributed by atoms with Gasteiger partial charge in [-0.25, -0.2) is 9.18 Å². The molecule has 7 heteroatoms. The number of aryl methyl sites for hydroxylation is 1. The van der Waals surface area contributed by atoms with Crippen LogP contribution in [0.4, 0.5) is 10.1 Å². The number of methoxy groups -OCH3 is 1. The fraction of sp³-hybridized carbons (Fsp3) is 0.222. The van der Waals surface area contributed by atoms with E-state index in [2.05, 4.69) is 0 Å². The summed E-state index contributed by atoms with van der Waals surface area (Å²) >= 11 is 1.36. The monoisotopic (exact) mass is 361 g/mol. The summed E-state index contributed by atoms with van der Waals surface area (Å²) in [6, 6.07) is 8.95. The van der Waals surface area contributed by atoms with Gasteiger partial charge in [0.2, 0.25) is 5.91 Å². The van der Waals surface area contributed by atoms with Crippen LogP contribution in [0.1, 0.15) is 26.9 Å². The summed E-state index contributed by atoms with van der Waals surface area (Å²) < 4.78 is 18.6. The van der Waals surface area contributed by atoms with Crippen molar-refractivity contribution in [2.45, 2.75) is 12.3 Å². The molecule has 130 valence electrons. The van der Waals surface area contributed by atoms with E-state index < -0.39 is 11.3 Å². The maximum absolute atomic E-state index is 13.2. The van der Waals surface area contributed by atoms with Crippen LogP contribution in [0.3, 0.4) is 0 Å². The molecular weight excluding hydrogens is 345 g/mol. The molecule has 0 bridgehead atoms. The third-order valence-corrected chi connectivity index (χ3v) is 5.24. The van der Waals surface area contributed by atoms with Crippen LogP contribution in [0.2, 0.25) is 0 Å². The highest BCUT2D eigenvalue weighted by atomic mass is 32.2. The molecule has 0 spiro atoms. The number of carbonyl (C=O) groups is 2. The molecule has 2 aromatic rings. The molecule has 1 aliphatic rings. The van der Waals surface area contributed by atoms with Crippen LogP contribution in [-0.2, 0) is 4.79 Å². The Labute approximate surface area is 148 Å². The lowest BCUT2D eigenvalue weighted by atomic mass is 10.1. The molecule has 1 unspecified atom stereocenters. The molecule has 3 rings (SSSR count). The molecule has 1 aliphatic heterocycles. The van der Waals surface area contributed by atoms with Crippen molar-refractivity contribution in [3.63, 3.8) is 0 Å². The second-order valence-electron chi connectivity index (χ2n) is 5.60. The Morgan fingerprint density at radius 3 is 2.56 bits per heavy atom. The maximum Gasteiger partial charge on any atom is 0.337 e. The quantitative estimate of drug-likeness (QED) is 0.901. The minimum absolute atomic E-state index is 0.00888. The second kappa shape index (κ2) is 6.76. The molecule has 1 N–H and O–H groups in total. The van der Waals surface area contributed by atoms with Gasteiger partial charge in [-0.3, -0.25) is 9.69 Å². The Bertz CT molecular complexity index is 838. The van der Waals surface area contributed by atoms with Crippen molar-refractivity contribution in [1.82, 2.24) is 0 Å². The molecule has 0 radical (unpaired) electrons. The molecular formula is C18H16FNO4S. The number of rotatable bonds is 4. The van der Waals surface area contributed by atoms with Gasteiger partial charge in [0, 0.05) is 0 Å². The topological polar surface area (TPSA) is 66.8 Å². The number of aromatic carboxylic acids is 1. The molecule has 2 aromatic carbocycles. The van der Waals surface area contributed by atoms with Gasteiger partial charge >= 0.3 is 5.97 Å². The highest BCUT2D eigenvalue weighted by Crippen LogP contribution is 2.47. The zero-order valence-corrected chi connectivity index (χ0v) is 14.5. The number of halogens is 1. The number of carboxylic acids is 1. The summed E-state index contributed by atoms with van der Waals surface area (Å²) in [4.78, 5) is 25.7. The lowest BCUT2D eigenvalue weighted by molar-refractivity contribution is -0.115. The first-order chi connectivity index (χ1) is 11.9. The van der Waals surface area contributed by atoms with E-state index in [4.69, 9.17) is 4.74 Å². The number of carbonyl (C=O) groups excluding carboxylic acids is 1. The van der Waals surface area contributed by atoms with Gasteiger partial charge < -0.3 is 9.84 Å². The highest BCUT2D eigenvalue weighted by Gasteiger charge is 2.38. The van der Waals surface area contributed by atoms with Crippen molar-refractivity contribution >= 4 is 29.3 Å². The van der Waals surface area contributed by atoms with Gasteiger partial charge in [-0.1, -0.05) is 18.2 Å². The van der Waals surface area contributed by atoms with Gasteiger partial charge in [0.25, 0.3) is 0 Å². The van der Waals surface area contributed by atoms with Crippen LogP contribution in [0.25, 0.3) is 0 Å². The Morgan fingerprint density at radius 1 is 1.28 bits per heavy atom. The van der Waals surface area contributed by atoms with Crippen LogP contribution in [-0.4, -0.2) is 29.8 Å². The number of nitrogens with zero attached hydrogens (tertiary/aromatic N) is 1. The predicted molar refractivity (Wildman–Crippen MR) is 93.8 cm³/mol. The number of hydrogen-bond donors (Lipinski definition) is 1. The lowest BCUT2D eigenvalue weighted by Crippen LogP contribution is -2.30. The number of ether oxygens (including phenoxy) is 1. The standard InChI is InChI=1S/C18H16FNO4S/c1-10-3-8-13(18(22)23)15(16(10)24-2)20-14(21)9-25-17(20)11-4-6-12(19)7-5-11/h3-8,17H,9H2,1-2H3,(H,22,23). The molecule has 0 aromatic heterocycles. The third-order valence-electron chi connectivity index (χ3n) is 4.03. The fourth-order valence-corrected chi connectivity index (χ4v) is 4.04.